The molecule has 2 rings (SSSR count). The Morgan fingerprint density at radius 1 is 1.55 bits per heavy atom. The molecule has 0 atom stereocenters. The molecule has 1 saturated heterocycles. The van der Waals surface area contributed by atoms with Gasteiger partial charge in [0.25, 0.3) is 0 Å². The molecule has 0 aromatic carbocycles. The second-order valence-corrected chi connectivity index (χ2v) is 3.19. The summed E-state index contributed by atoms with van der Waals surface area (Å²) in [6.07, 6.45) is 1.76. The monoisotopic (exact) mass is 168 g/mol. The van der Waals surface area contributed by atoms with Crippen LogP contribution in [0.3, 0.4) is 0 Å². The second-order valence-electron chi connectivity index (χ2n) is 2.75. The third-order valence-electron chi connectivity index (χ3n) is 1.94. The predicted octanol–water partition coefficient (Wildman–Crippen LogP) is 1.42. The second kappa shape index (κ2) is 2.80. The Morgan fingerprint density at radius 2 is 2.36 bits per heavy atom. The highest BCUT2D eigenvalue weighted by atomic mass is 35.5. The summed E-state index contributed by atoms with van der Waals surface area (Å²) in [4.78, 5) is 4.24. The Kier molecular flexibility index (Phi) is 1.80. The number of nitrogens with zero attached hydrogens (tertiary/aromatic N) is 1. The highest BCUT2D eigenvalue weighted by Crippen LogP contribution is 2.19. The van der Waals surface area contributed by atoms with E-state index in [-0.39, 0.29) is 0 Å². The molecule has 1 aliphatic heterocycles. The van der Waals surface area contributed by atoms with Crippen molar-refractivity contribution in [1.29, 1.82) is 0 Å². The van der Waals surface area contributed by atoms with Crippen LogP contribution in [0, 0.1) is 0 Å². The first-order chi connectivity index (χ1) is 5.36. The van der Waals surface area contributed by atoms with Gasteiger partial charge in [0.05, 0.1) is 0 Å². The van der Waals surface area contributed by atoms with Gasteiger partial charge in [0, 0.05) is 35.9 Å². The van der Waals surface area contributed by atoms with Crippen molar-refractivity contribution in [2.45, 2.75) is 5.92 Å². The van der Waals surface area contributed by atoms with Crippen LogP contribution in [0.15, 0.2) is 18.3 Å². The first-order valence-electron chi connectivity index (χ1n) is 3.68. The van der Waals surface area contributed by atoms with Crippen LogP contribution < -0.4 is 5.32 Å². The fourth-order valence-corrected chi connectivity index (χ4v) is 1.31. The summed E-state index contributed by atoms with van der Waals surface area (Å²) >= 11 is 5.81. The van der Waals surface area contributed by atoms with Crippen molar-refractivity contribution in [3.63, 3.8) is 0 Å². The van der Waals surface area contributed by atoms with Gasteiger partial charge in [-0.05, 0) is 12.1 Å². The van der Waals surface area contributed by atoms with Crippen molar-refractivity contribution < 1.29 is 0 Å². The minimum atomic E-state index is 0.577. The molecule has 1 aromatic rings. The van der Waals surface area contributed by atoms with Crippen molar-refractivity contribution in [2.24, 2.45) is 0 Å². The molecule has 0 unspecified atom stereocenters. The van der Waals surface area contributed by atoms with Gasteiger partial charge < -0.3 is 5.32 Å². The molecule has 0 radical (unpaired) electrons. The van der Waals surface area contributed by atoms with E-state index in [0.29, 0.717) is 5.92 Å². The SMILES string of the molecule is Clc1ccnc(C2CNC2)c1. The third-order valence-corrected chi connectivity index (χ3v) is 2.18. The van der Waals surface area contributed by atoms with Crippen LogP contribution in [-0.4, -0.2) is 18.1 Å². The lowest BCUT2D eigenvalue weighted by atomic mass is 9.99. The summed E-state index contributed by atoms with van der Waals surface area (Å²) in [6, 6.07) is 3.74. The zero-order valence-corrected chi connectivity index (χ0v) is 6.80. The van der Waals surface area contributed by atoms with E-state index in [1.165, 1.54) is 0 Å². The number of nitrogens with one attached hydrogen (secondary N) is 1. The maximum Gasteiger partial charge on any atom is 0.0474 e. The van der Waals surface area contributed by atoms with E-state index in [2.05, 4.69) is 10.3 Å². The molecule has 1 aromatic heterocycles. The summed E-state index contributed by atoms with van der Waals surface area (Å²) in [5.41, 5.74) is 1.11. The first-order valence-corrected chi connectivity index (χ1v) is 4.06. The van der Waals surface area contributed by atoms with Crippen molar-refractivity contribution >= 4 is 11.6 Å². The Balaban J connectivity index is 2.23. The van der Waals surface area contributed by atoms with E-state index < -0.39 is 0 Å². The van der Waals surface area contributed by atoms with Gasteiger partial charge in [-0.2, -0.15) is 0 Å². The minimum absolute atomic E-state index is 0.577. The summed E-state index contributed by atoms with van der Waals surface area (Å²) in [5, 5.41) is 3.98. The summed E-state index contributed by atoms with van der Waals surface area (Å²) in [5.74, 6) is 0.577. The van der Waals surface area contributed by atoms with Crippen LogP contribution in [-0.2, 0) is 0 Å². The zero-order valence-electron chi connectivity index (χ0n) is 6.05. The highest BCUT2D eigenvalue weighted by molar-refractivity contribution is 6.30. The van der Waals surface area contributed by atoms with Crippen LogP contribution in [0.5, 0.6) is 0 Å². The van der Waals surface area contributed by atoms with Gasteiger partial charge in [0.15, 0.2) is 0 Å². The van der Waals surface area contributed by atoms with E-state index in [4.69, 9.17) is 11.6 Å². The number of hydrogen-bond donors (Lipinski definition) is 1. The van der Waals surface area contributed by atoms with Crippen LogP contribution in [0.25, 0.3) is 0 Å². The largest absolute Gasteiger partial charge is 0.315 e. The number of rotatable bonds is 1. The molecule has 0 saturated carbocycles. The van der Waals surface area contributed by atoms with E-state index in [0.717, 1.165) is 23.8 Å². The lowest BCUT2D eigenvalue weighted by Gasteiger charge is -2.26. The molecule has 1 aliphatic rings. The normalized spacial score (nSPS) is 17.9. The Hall–Kier alpha value is -0.600. The van der Waals surface area contributed by atoms with E-state index in [9.17, 15) is 0 Å². The fourth-order valence-electron chi connectivity index (χ4n) is 1.14. The average molecular weight is 169 g/mol. The average Bonchev–Trinajstić information content (AvgIpc) is 1.83. The quantitative estimate of drug-likeness (QED) is 0.686. The van der Waals surface area contributed by atoms with Gasteiger partial charge in [-0.15, -0.1) is 0 Å². The molecule has 2 heterocycles. The molecule has 3 heteroatoms. The molecular formula is C8H9ClN2. The van der Waals surface area contributed by atoms with Gasteiger partial charge in [0.1, 0.15) is 0 Å². The van der Waals surface area contributed by atoms with Crippen LogP contribution in [0.2, 0.25) is 5.02 Å². The summed E-state index contributed by atoms with van der Waals surface area (Å²) in [6.45, 7) is 2.07. The molecule has 0 aliphatic carbocycles. The van der Waals surface area contributed by atoms with E-state index in [1.54, 1.807) is 12.3 Å². The van der Waals surface area contributed by atoms with E-state index >= 15 is 0 Å². The molecule has 0 amide bonds. The zero-order chi connectivity index (χ0) is 7.68. The Morgan fingerprint density at radius 3 is 2.91 bits per heavy atom. The molecule has 1 fully saturated rings. The maximum atomic E-state index is 5.81. The smallest absolute Gasteiger partial charge is 0.0474 e. The molecule has 1 N–H and O–H groups in total. The fraction of sp³-hybridized carbons (Fsp3) is 0.375. The minimum Gasteiger partial charge on any atom is -0.315 e. The molecular weight excluding hydrogens is 160 g/mol. The first kappa shape index (κ1) is 7.07. The van der Waals surface area contributed by atoms with Crippen LogP contribution in [0.4, 0.5) is 0 Å². The predicted molar refractivity (Wildman–Crippen MR) is 44.9 cm³/mol. The number of pyridine rings is 1. The molecule has 0 spiro atoms. The van der Waals surface area contributed by atoms with Gasteiger partial charge >= 0.3 is 0 Å². The third kappa shape index (κ3) is 1.37. The molecule has 11 heavy (non-hydrogen) atoms. The lowest BCUT2D eigenvalue weighted by Crippen LogP contribution is -2.40. The van der Waals surface area contributed by atoms with Gasteiger partial charge in [-0.25, -0.2) is 0 Å². The standard InChI is InChI=1S/C8H9ClN2/c9-7-1-2-11-8(3-7)6-4-10-5-6/h1-3,6,10H,4-5H2. The molecule has 2 nitrogen and oxygen atoms in total. The van der Waals surface area contributed by atoms with Gasteiger partial charge in [0.2, 0.25) is 0 Å². The Bertz CT molecular complexity index is 258. The Labute approximate surface area is 70.6 Å². The maximum absolute atomic E-state index is 5.81. The van der Waals surface area contributed by atoms with Crippen molar-refractivity contribution in [3.05, 3.63) is 29.0 Å². The van der Waals surface area contributed by atoms with Crippen LogP contribution >= 0.6 is 11.6 Å². The van der Waals surface area contributed by atoms with Gasteiger partial charge in [-0.1, -0.05) is 11.6 Å². The lowest BCUT2D eigenvalue weighted by molar-refractivity contribution is 0.440. The van der Waals surface area contributed by atoms with Crippen molar-refractivity contribution in [2.75, 3.05) is 13.1 Å². The highest BCUT2D eigenvalue weighted by Gasteiger charge is 2.19. The summed E-state index contributed by atoms with van der Waals surface area (Å²) < 4.78 is 0. The van der Waals surface area contributed by atoms with Gasteiger partial charge in [-0.3, -0.25) is 4.98 Å². The van der Waals surface area contributed by atoms with Crippen molar-refractivity contribution in [3.8, 4) is 0 Å². The summed E-state index contributed by atoms with van der Waals surface area (Å²) in [7, 11) is 0. The van der Waals surface area contributed by atoms with E-state index in [1.807, 2.05) is 6.07 Å². The number of aromatic nitrogens is 1. The van der Waals surface area contributed by atoms with Crippen molar-refractivity contribution in [1.82, 2.24) is 10.3 Å². The topological polar surface area (TPSA) is 24.9 Å². The molecule has 0 bridgehead atoms. The number of halogens is 1. The number of hydrogen-bond acceptors (Lipinski definition) is 2. The van der Waals surface area contributed by atoms with Crippen LogP contribution in [0.1, 0.15) is 11.6 Å². The molecule has 58 valence electrons.